The van der Waals surface area contributed by atoms with E-state index in [0.29, 0.717) is 6.54 Å². The highest BCUT2D eigenvalue weighted by atomic mass is 16.2. The third kappa shape index (κ3) is 4.45. The number of nitrogens with zero attached hydrogens (tertiary/aromatic N) is 2. The smallest absolute Gasteiger partial charge is 0.226 e. The Labute approximate surface area is 109 Å². The van der Waals surface area contributed by atoms with Crippen molar-refractivity contribution in [3.8, 4) is 0 Å². The van der Waals surface area contributed by atoms with Crippen LogP contribution in [0.2, 0.25) is 0 Å². The Bertz CT molecular complexity index is 392. The molecule has 0 aromatic carbocycles. The Morgan fingerprint density at radius 3 is 2.83 bits per heavy atom. The second-order valence-corrected chi connectivity index (χ2v) is 4.67. The van der Waals surface area contributed by atoms with Crippen LogP contribution in [-0.4, -0.2) is 35.9 Å². The Morgan fingerprint density at radius 2 is 2.22 bits per heavy atom. The van der Waals surface area contributed by atoms with Crippen molar-refractivity contribution in [1.82, 2.24) is 15.2 Å². The number of aromatic nitrogens is 1. The van der Waals surface area contributed by atoms with Gasteiger partial charge in [-0.25, -0.2) is 0 Å². The van der Waals surface area contributed by atoms with E-state index in [1.165, 1.54) is 0 Å². The number of rotatable bonds is 6. The van der Waals surface area contributed by atoms with Crippen LogP contribution in [0, 0.1) is 12.8 Å². The van der Waals surface area contributed by atoms with Crippen molar-refractivity contribution >= 4 is 5.91 Å². The lowest BCUT2D eigenvalue weighted by Gasteiger charge is -2.21. The highest BCUT2D eigenvalue weighted by Crippen LogP contribution is 2.06. The number of carbonyl (C=O) groups excluding carboxylic acids is 1. The summed E-state index contributed by atoms with van der Waals surface area (Å²) in [7, 11) is 1.83. The quantitative estimate of drug-likeness (QED) is 0.833. The van der Waals surface area contributed by atoms with Gasteiger partial charge in [0, 0.05) is 25.2 Å². The molecule has 1 aromatic heterocycles. The third-order valence-electron chi connectivity index (χ3n) is 2.84. The average molecular weight is 249 g/mol. The predicted molar refractivity (Wildman–Crippen MR) is 73.2 cm³/mol. The first kappa shape index (κ1) is 14.6. The molecule has 0 saturated heterocycles. The molecule has 18 heavy (non-hydrogen) atoms. The first-order valence-corrected chi connectivity index (χ1v) is 6.42. The second kappa shape index (κ2) is 7.11. The minimum atomic E-state index is -0.000223. The van der Waals surface area contributed by atoms with Gasteiger partial charge in [0.05, 0.1) is 12.2 Å². The van der Waals surface area contributed by atoms with Gasteiger partial charge in [-0.2, -0.15) is 0 Å². The van der Waals surface area contributed by atoms with Crippen molar-refractivity contribution < 1.29 is 4.79 Å². The van der Waals surface area contributed by atoms with E-state index in [1.807, 2.05) is 46.0 Å². The lowest BCUT2D eigenvalue weighted by atomic mass is 10.1. The summed E-state index contributed by atoms with van der Waals surface area (Å²) in [6.45, 7) is 8.13. The maximum absolute atomic E-state index is 12.1. The first-order valence-electron chi connectivity index (χ1n) is 6.42. The van der Waals surface area contributed by atoms with Crippen LogP contribution >= 0.6 is 0 Å². The summed E-state index contributed by atoms with van der Waals surface area (Å²) >= 11 is 0. The SMILES string of the molecule is CCNCC(C)C(=O)N(C)Cc1cccc(C)n1. The molecule has 1 heterocycles. The summed E-state index contributed by atoms with van der Waals surface area (Å²) in [6.07, 6.45) is 0. The normalized spacial score (nSPS) is 12.2. The van der Waals surface area contributed by atoms with E-state index in [2.05, 4.69) is 10.3 Å². The molecule has 4 heteroatoms. The summed E-state index contributed by atoms with van der Waals surface area (Å²) in [5, 5.41) is 3.19. The molecule has 100 valence electrons. The van der Waals surface area contributed by atoms with Crippen molar-refractivity contribution in [1.29, 1.82) is 0 Å². The molecular formula is C14H23N3O. The zero-order chi connectivity index (χ0) is 13.5. The minimum absolute atomic E-state index is 0.000223. The van der Waals surface area contributed by atoms with Gasteiger partial charge in [-0.15, -0.1) is 0 Å². The predicted octanol–water partition coefficient (Wildman–Crippen LogP) is 1.59. The molecule has 4 nitrogen and oxygen atoms in total. The van der Waals surface area contributed by atoms with Gasteiger partial charge < -0.3 is 10.2 Å². The fraction of sp³-hybridized carbons (Fsp3) is 0.571. The van der Waals surface area contributed by atoms with Crippen LogP contribution < -0.4 is 5.32 Å². The zero-order valence-corrected chi connectivity index (χ0v) is 11.7. The summed E-state index contributed by atoms with van der Waals surface area (Å²) in [5.74, 6) is 0.152. The van der Waals surface area contributed by atoms with E-state index in [1.54, 1.807) is 4.90 Å². The number of hydrogen-bond acceptors (Lipinski definition) is 3. The van der Waals surface area contributed by atoms with E-state index >= 15 is 0 Å². The van der Waals surface area contributed by atoms with Gasteiger partial charge in [0.1, 0.15) is 0 Å². The molecule has 1 amide bonds. The summed E-state index contributed by atoms with van der Waals surface area (Å²) in [5.41, 5.74) is 1.91. The van der Waals surface area contributed by atoms with Gasteiger partial charge in [-0.05, 0) is 25.6 Å². The van der Waals surface area contributed by atoms with Crippen molar-refractivity contribution in [3.63, 3.8) is 0 Å². The number of amides is 1. The lowest BCUT2D eigenvalue weighted by molar-refractivity contribution is -0.134. The third-order valence-corrected chi connectivity index (χ3v) is 2.84. The summed E-state index contributed by atoms with van der Waals surface area (Å²) < 4.78 is 0. The van der Waals surface area contributed by atoms with E-state index in [-0.39, 0.29) is 11.8 Å². The molecule has 1 atom stereocenters. The Balaban J connectivity index is 2.54. The van der Waals surface area contributed by atoms with Crippen LogP contribution in [0.3, 0.4) is 0 Å². The Morgan fingerprint density at radius 1 is 1.50 bits per heavy atom. The van der Waals surface area contributed by atoms with Crippen LogP contribution in [0.25, 0.3) is 0 Å². The van der Waals surface area contributed by atoms with E-state index in [4.69, 9.17) is 0 Å². The molecule has 1 aromatic rings. The van der Waals surface area contributed by atoms with Crippen molar-refractivity contribution in [2.45, 2.75) is 27.3 Å². The molecule has 0 aliphatic rings. The van der Waals surface area contributed by atoms with E-state index in [9.17, 15) is 4.79 Å². The summed E-state index contributed by atoms with van der Waals surface area (Å²) in [6, 6.07) is 5.88. The fourth-order valence-corrected chi connectivity index (χ4v) is 1.83. The molecule has 0 saturated carbocycles. The highest BCUT2D eigenvalue weighted by molar-refractivity contribution is 5.78. The Hall–Kier alpha value is -1.42. The van der Waals surface area contributed by atoms with Crippen LogP contribution in [-0.2, 0) is 11.3 Å². The summed E-state index contributed by atoms with van der Waals surface area (Å²) in [4.78, 5) is 18.2. The second-order valence-electron chi connectivity index (χ2n) is 4.67. The van der Waals surface area contributed by atoms with Crippen LogP contribution in [0.1, 0.15) is 25.2 Å². The molecule has 0 bridgehead atoms. The molecule has 1 N–H and O–H groups in total. The molecular weight excluding hydrogens is 226 g/mol. The maximum Gasteiger partial charge on any atom is 0.226 e. The number of pyridine rings is 1. The van der Waals surface area contributed by atoms with E-state index < -0.39 is 0 Å². The monoisotopic (exact) mass is 249 g/mol. The molecule has 0 aliphatic heterocycles. The fourth-order valence-electron chi connectivity index (χ4n) is 1.83. The molecule has 0 fully saturated rings. The lowest BCUT2D eigenvalue weighted by Crippen LogP contribution is -2.36. The van der Waals surface area contributed by atoms with Crippen molar-refractivity contribution in [3.05, 3.63) is 29.6 Å². The number of aryl methyl sites for hydroxylation is 1. The largest absolute Gasteiger partial charge is 0.340 e. The van der Waals surface area contributed by atoms with Gasteiger partial charge in [-0.3, -0.25) is 9.78 Å². The molecule has 0 spiro atoms. The molecule has 0 radical (unpaired) electrons. The standard InChI is InChI=1S/C14H23N3O/c1-5-15-9-11(2)14(18)17(4)10-13-8-6-7-12(3)16-13/h6-8,11,15H,5,9-10H2,1-4H3. The number of nitrogens with one attached hydrogen (secondary N) is 1. The van der Waals surface area contributed by atoms with Crippen LogP contribution in [0.15, 0.2) is 18.2 Å². The average Bonchev–Trinajstić information content (AvgIpc) is 2.35. The van der Waals surface area contributed by atoms with Crippen LogP contribution in [0.4, 0.5) is 0 Å². The van der Waals surface area contributed by atoms with Gasteiger partial charge in [-0.1, -0.05) is 19.9 Å². The van der Waals surface area contributed by atoms with Crippen molar-refractivity contribution in [2.75, 3.05) is 20.1 Å². The molecule has 1 unspecified atom stereocenters. The maximum atomic E-state index is 12.1. The number of carbonyl (C=O) groups is 1. The minimum Gasteiger partial charge on any atom is -0.340 e. The molecule has 0 aliphatic carbocycles. The highest BCUT2D eigenvalue weighted by Gasteiger charge is 2.17. The number of hydrogen-bond donors (Lipinski definition) is 1. The molecule has 1 rings (SSSR count). The van der Waals surface area contributed by atoms with Crippen LogP contribution in [0.5, 0.6) is 0 Å². The zero-order valence-electron chi connectivity index (χ0n) is 11.7. The van der Waals surface area contributed by atoms with Gasteiger partial charge >= 0.3 is 0 Å². The van der Waals surface area contributed by atoms with Gasteiger partial charge in [0.2, 0.25) is 5.91 Å². The Kier molecular flexibility index (Phi) is 5.78. The van der Waals surface area contributed by atoms with Crippen molar-refractivity contribution in [2.24, 2.45) is 5.92 Å². The first-order chi connectivity index (χ1) is 8.54. The van der Waals surface area contributed by atoms with Gasteiger partial charge in [0.15, 0.2) is 0 Å². The van der Waals surface area contributed by atoms with E-state index in [0.717, 1.165) is 24.5 Å². The topological polar surface area (TPSA) is 45.2 Å². The van der Waals surface area contributed by atoms with Gasteiger partial charge in [0.25, 0.3) is 0 Å².